The monoisotopic (exact) mass is 314 g/mol. The first-order valence-electron chi connectivity index (χ1n) is 6.45. The molecule has 3 N–H and O–H groups in total. The Kier molecular flexibility index (Phi) is 5.14. The normalized spacial score (nSPS) is 12.3. The topological polar surface area (TPSA) is 98.5 Å². The summed E-state index contributed by atoms with van der Waals surface area (Å²) >= 11 is 0. The van der Waals surface area contributed by atoms with Crippen LogP contribution in [0, 0.1) is 13.8 Å². The number of primary sulfonamides is 1. The van der Waals surface area contributed by atoms with Gasteiger partial charge in [0.2, 0.25) is 15.9 Å². The van der Waals surface area contributed by atoms with Gasteiger partial charge in [0.25, 0.3) is 0 Å². The number of hydrogen-bond donors (Lipinski definition) is 2. The van der Waals surface area contributed by atoms with E-state index in [0.717, 1.165) is 11.1 Å². The van der Waals surface area contributed by atoms with Gasteiger partial charge in [-0.05, 0) is 51.0 Å². The number of sulfonamides is 1. The van der Waals surface area contributed by atoms with Crippen LogP contribution in [0.25, 0.3) is 0 Å². The Balaban J connectivity index is 3.09. The van der Waals surface area contributed by atoms with Crippen molar-refractivity contribution >= 4 is 21.6 Å². The molecule has 0 atom stereocenters. The first-order chi connectivity index (χ1) is 9.46. The number of nitrogens with two attached hydrogens (primary N) is 1. The zero-order valence-electron chi connectivity index (χ0n) is 13.0. The fourth-order valence-corrected chi connectivity index (χ4v) is 2.40. The fourth-order valence-electron chi connectivity index (χ4n) is 1.77. The lowest BCUT2D eigenvalue weighted by molar-refractivity contribution is -0.121. The molecule has 0 bridgehead atoms. The van der Waals surface area contributed by atoms with Crippen LogP contribution in [0.3, 0.4) is 0 Å². The lowest BCUT2D eigenvalue weighted by Crippen LogP contribution is -2.29. The molecule has 0 saturated carbocycles. The predicted octanol–water partition coefficient (Wildman–Crippen LogP) is 1.70. The van der Waals surface area contributed by atoms with Crippen LogP contribution < -0.4 is 10.5 Å². The van der Waals surface area contributed by atoms with Crippen LogP contribution >= 0.6 is 0 Å². The van der Waals surface area contributed by atoms with E-state index in [4.69, 9.17) is 9.88 Å². The van der Waals surface area contributed by atoms with Gasteiger partial charge in [0.15, 0.2) is 0 Å². The lowest BCUT2D eigenvalue weighted by atomic mass is 10.0. The quantitative estimate of drug-likeness (QED) is 0.864. The third-order valence-corrected chi connectivity index (χ3v) is 4.28. The van der Waals surface area contributed by atoms with Crippen molar-refractivity contribution in [3.8, 4) is 0 Å². The summed E-state index contributed by atoms with van der Waals surface area (Å²) in [5.41, 5.74) is 1.38. The molecular weight excluding hydrogens is 292 g/mol. The highest BCUT2D eigenvalue weighted by Crippen LogP contribution is 2.24. The largest absolute Gasteiger partial charge is 0.378 e. The van der Waals surface area contributed by atoms with Crippen molar-refractivity contribution in [2.75, 3.05) is 12.4 Å². The molecule has 1 aromatic rings. The molecule has 7 heteroatoms. The number of benzene rings is 1. The number of methoxy groups -OCH3 is 1. The van der Waals surface area contributed by atoms with Gasteiger partial charge in [-0.1, -0.05) is 0 Å². The summed E-state index contributed by atoms with van der Waals surface area (Å²) in [5.74, 6) is -0.254. The summed E-state index contributed by atoms with van der Waals surface area (Å²) in [6, 6.07) is 2.86. The Labute approximate surface area is 125 Å². The molecule has 0 unspecified atom stereocenters. The van der Waals surface area contributed by atoms with Crippen molar-refractivity contribution in [1.29, 1.82) is 0 Å². The minimum absolute atomic E-state index is 0.0214. The summed E-state index contributed by atoms with van der Waals surface area (Å²) < 4.78 is 28.1. The molecule has 0 heterocycles. The van der Waals surface area contributed by atoms with Crippen molar-refractivity contribution in [2.24, 2.45) is 5.14 Å². The molecule has 0 aliphatic heterocycles. The third kappa shape index (κ3) is 4.80. The van der Waals surface area contributed by atoms with Crippen LogP contribution in [0.1, 0.15) is 31.4 Å². The number of aryl methyl sites for hydroxylation is 1. The Hall–Kier alpha value is -1.44. The molecule has 21 heavy (non-hydrogen) atoms. The van der Waals surface area contributed by atoms with Crippen LogP contribution in [0.5, 0.6) is 0 Å². The van der Waals surface area contributed by atoms with Crippen LogP contribution in [0.4, 0.5) is 5.69 Å². The summed E-state index contributed by atoms with van der Waals surface area (Å²) in [6.45, 7) is 7.16. The first kappa shape index (κ1) is 17.6. The van der Waals surface area contributed by atoms with Gasteiger partial charge < -0.3 is 10.1 Å². The highest BCUT2D eigenvalue weighted by Gasteiger charge is 2.22. The van der Waals surface area contributed by atoms with Crippen molar-refractivity contribution in [3.05, 3.63) is 23.3 Å². The Morgan fingerprint density at radius 3 is 2.38 bits per heavy atom. The molecule has 1 rings (SSSR count). The van der Waals surface area contributed by atoms with Gasteiger partial charge in [0, 0.05) is 12.8 Å². The van der Waals surface area contributed by atoms with Crippen LogP contribution in [0.15, 0.2) is 17.0 Å². The summed E-state index contributed by atoms with van der Waals surface area (Å²) in [4.78, 5) is 12.0. The third-order valence-electron chi connectivity index (χ3n) is 3.38. The number of anilines is 1. The van der Waals surface area contributed by atoms with E-state index in [-0.39, 0.29) is 17.2 Å². The molecule has 0 radical (unpaired) electrons. The van der Waals surface area contributed by atoms with E-state index in [9.17, 15) is 13.2 Å². The molecule has 6 nitrogen and oxygen atoms in total. The second-order valence-corrected chi connectivity index (χ2v) is 7.21. The number of ether oxygens (including phenoxy) is 1. The molecule has 1 aromatic carbocycles. The SMILES string of the molecule is COC(C)(C)CC(=O)Nc1cc(S(N)(=O)=O)cc(C)c1C. The molecule has 0 spiro atoms. The van der Waals surface area contributed by atoms with E-state index < -0.39 is 15.6 Å². The van der Waals surface area contributed by atoms with E-state index in [1.165, 1.54) is 19.2 Å². The number of hydrogen-bond acceptors (Lipinski definition) is 4. The van der Waals surface area contributed by atoms with E-state index in [2.05, 4.69) is 5.32 Å². The van der Waals surface area contributed by atoms with Crippen molar-refractivity contribution in [2.45, 2.75) is 44.6 Å². The standard InChI is InChI=1S/C14H22N2O4S/c1-9-6-11(21(15,18)19)7-12(10(9)2)16-13(17)8-14(3,4)20-5/h6-7H,8H2,1-5H3,(H,16,17)(H2,15,18,19). The minimum atomic E-state index is -3.82. The Bertz CT molecular complexity index is 651. The summed E-state index contributed by atoms with van der Waals surface area (Å²) in [5, 5.41) is 7.85. The minimum Gasteiger partial charge on any atom is -0.378 e. The number of carbonyl (C=O) groups excluding carboxylic acids is 1. The van der Waals surface area contributed by atoms with Crippen molar-refractivity contribution in [3.63, 3.8) is 0 Å². The maximum Gasteiger partial charge on any atom is 0.238 e. The number of rotatable bonds is 5. The second kappa shape index (κ2) is 6.13. The maximum atomic E-state index is 12.0. The predicted molar refractivity (Wildman–Crippen MR) is 81.6 cm³/mol. The molecular formula is C14H22N2O4S. The molecule has 0 aromatic heterocycles. The van der Waals surface area contributed by atoms with Gasteiger partial charge in [-0.3, -0.25) is 4.79 Å². The maximum absolute atomic E-state index is 12.0. The molecule has 0 aliphatic carbocycles. The fraction of sp³-hybridized carbons (Fsp3) is 0.500. The van der Waals surface area contributed by atoms with Gasteiger partial charge >= 0.3 is 0 Å². The zero-order valence-corrected chi connectivity index (χ0v) is 13.8. The molecule has 0 aliphatic rings. The Morgan fingerprint density at radius 2 is 1.90 bits per heavy atom. The zero-order chi connectivity index (χ0) is 16.4. The van der Waals surface area contributed by atoms with E-state index in [0.29, 0.717) is 5.69 Å². The van der Waals surface area contributed by atoms with Crippen molar-refractivity contribution < 1.29 is 17.9 Å². The van der Waals surface area contributed by atoms with Gasteiger partial charge in [-0.2, -0.15) is 0 Å². The average Bonchev–Trinajstić information content (AvgIpc) is 2.32. The summed E-state index contributed by atoms with van der Waals surface area (Å²) in [6.07, 6.45) is 0.154. The number of amides is 1. The number of nitrogens with one attached hydrogen (secondary N) is 1. The van der Waals surface area contributed by atoms with Gasteiger partial charge in [0.1, 0.15) is 0 Å². The molecule has 0 saturated heterocycles. The molecule has 1 amide bonds. The van der Waals surface area contributed by atoms with Crippen LogP contribution in [-0.4, -0.2) is 27.0 Å². The Morgan fingerprint density at radius 1 is 1.33 bits per heavy atom. The van der Waals surface area contributed by atoms with Gasteiger partial charge in [-0.25, -0.2) is 13.6 Å². The highest BCUT2D eigenvalue weighted by atomic mass is 32.2. The molecule has 118 valence electrons. The number of carbonyl (C=O) groups is 1. The highest BCUT2D eigenvalue weighted by molar-refractivity contribution is 7.89. The summed E-state index contributed by atoms with van der Waals surface area (Å²) in [7, 11) is -2.28. The van der Waals surface area contributed by atoms with Gasteiger partial charge in [0.05, 0.1) is 16.9 Å². The lowest BCUT2D eigenvalue weighted by Gasteiger charge is -2.22. The van der Waals surface area contributed by atoms with Crippen LogP contribution in [0.2, 0.25) is 0 Å². The van der Waals surface area contributed by atoms with Crippen LogP contribution in [-0.2, 0) is 19.6 Å². The second-order valence-electron chi connectivity index (χ2n) is 5.65. The molecule has 0 fully saturated rings. The van der Waals surface area contributed by atoms with Crippen molar-refractivity contribution in [1.82, 2.24) is 0 Å². The first-order valence-corrected chi connectivity index (χ1v) is 8.00. The van der Waals surface area contributed by atoms with E-state index >= 15 is 0 Å². The van der Waals surface area contributed by atoms with Gasteiger partial charge in [-0.15, -0.1) is 0 Å². The van der Waals surface area contributed by atoms with E-state index in [1.807, 2.05) is 0 Å². The average molecular weight is 314 g/mol. The van der Waals surface area contributed by atoms with E-state index in [1.54, 1.807) is 27.7 Å². The smallest absolute Gasteiger partial charge is 0.238 e.